The van der Waals surface area contributed by atoms with Crippen LogP contribution in [0.25, 0.3) is 0 Å². The average Bonchev–Trinajstić information content (AvgIpc) is 2.28. The van der Waals surface area contributed by atoms with E-state index in [0.29, 0.717) is 0 Å². The molecule has 6 heteroatoms. The third kappa shape index (κ3) is 3.03. The summed E-state index contributed by atoms with van der Waals surface area (Å²) >= 11 is 0. The Morgan fingerprint density at radius 3 is 1.68 bits per heavy atom. The van der Waals surface area contributed by atoms with Crippen molar-refractivity contribution in [1.29, 1.82) is 0 Å². The van der Waals surface area contributed by atoms with E-state index in [9.17, 15) is 0 Å². The maximum Gasteiger partial charge on any atom is 0.114 e. The summed E-state index contributed by atoms with van der Waals surface area (Å²) in [6, 6.07) is 0. The number of rotatable bonds is 2. The van der Waals surface area contributed by atoms with Crippen molar-refractivity contribution >= 4 is 54.9 Å². The second kappa shape index (κ2) is 5.54. The summed E-state index contributed by atoms with van der Waals surface area (Å²) in [6.07, 6.45) is -0.596. The standard InChI is InChI=1S/C13H18B6/c1-7-8(2)11(14)10(13(4,5)6)12(9(7)3)18(15)19(16)17/h1-6H3. The van der Waals surface area contributed by atoms with Gasteiger partial charge >= 0.3 is 0 Å². The van der Waals surface area contributed by atoms with E-state index in [1.165, 1.54) is 0 Å². The molecule has 0 fully saturated rings. The molecule has 0 bridgehead atoms. The van der Waals surface area contributed by atoms with E-state index in [4.69, 9.17) is 31.1 Å². The summed E-state index contributed by atoms with van der Waals surface area (Å²) in [5.41, 5.74) is 6.20. The third-order valence-electron chi connectivity index (χ3n) is 3.97. The molecule has 1 aromatic rings. The van der Waals surface area contributed by atoms with Gasteiger partial charge < -0.3 is 0 Å². The Bertz CT molecular complexity index is 487. The van der Waals surface area contributed by atoms with Gasteiger partial charge in [0.25, 0.3) is 0 Å². The van der Waals surface area contributed by atoms with E-state index < -0.39 is 12.9 Å². The Balaban J connectivity index is 3.78. The lowest BCUT2D eigenvalue weighted by atomic mass is 8.85. The van der Waals surface area contributed by atoms with Gasteiger partial charge in [-0.15, -0.1) is 0 Å². The average molecular weight is 239 g/mol. The zero-order chi connectivity index (χ0) is 15.1. The van der Waals surface area contributed by atoms with E-state index in [1.807, 2.05) is 6.92 Å². The molecular formula is C13H18B6. The van der Waals surface area contributed by atoms with Crippen molar-refractivity contribution in [2.75, 3.05) is 0 Å². The Labute approximate surface area is 124 Å². The summed E-state index contributed by atoms with van der Waals surface area (Å²) in [5.74, 6) is 0. The maximum absolute atomic E-state index is 6.34. The molecule has 1 rings (SSSR count). The summed E-state index contributed by atoms with van der Waals surface area (Å²) in [4.78, 5) is 0. The first-order valence-corrected chi connectivity index (χ1v) is 6.66. The van der Waals surface area contributed by atoms with Crippen LogP contribution in [-0.2, 0) is 5.41 Å². The highest BCUT2D eigenvalue weighted by Gasteiger charge is 2.28. The molecule has 0 nitrogen and oxygen atoms in total. The molecule has 0 amide bonds. The molecule has 0 aliphatic carbocycles. The van der Waals surface area contributed by atoms with Crippen LogP contribution in [0.2, 0.25) is 0 Å². The quantitative estimate of drug-likeness (QED) is 0.636. The van der Waals surface area contributed by atoms with E-state index in [2.05, 4.69) is 34.6 Å². The van der Waals surface area contributed by atoms with Crippen LogP contribution in [0, 0.1) is 20.8 Å². The molecule has 0 aliphatic heterocycles. The molecule has 0 saturated carbocycles. The van der Waals surface area contributed by atoms with Crippen LogP contribution in [-0.4, -0.2) is 43.9 Å². The van der Waals surface area contributed by atoms with Crippen molar-refractivity contribution in [2.24, 2.45) is 0 Å². The monoisotopic (exact) mass is 240 g/mol. The van der Waals surface area contributed by atoms with Gasteiger partial charge in [0.15, 0.2) is 0 Å². The number of benzene rings is 1. The van der Waals surface area contributed by atoms with E-state index in [-0.39, 0.29) is 5.41 Å². The van der Waals surface area contributed by atoms with Gasteiger partial charge in [-0.25, -0.2) is 0 Å². The third-order valence-corrected chi connectivity index (χ3v) is 3.97. The Kier molecular flexibility index (Phi) is 4.86. The first-order valence-electron chi connectivity index (χ1n) is 6.66. The first-order chi connectivity index (χ1) is 8.50. The highest BCUT2D eigenvalue weighted by atomic mass is 14.2. The van der Waals surface area contributed by atoms with Gasteiger partial charge in [0.2, 0.25) is 0 Å². The van der Waals surface area contributed by atoms with E-state index in [0.717, 1.165) is 33.2 Å². The van der Waals surface area contributed by atoms with Crippen LogP contribution in [0.15, 0.2) is 0 Å². The molecule has 8 radical (unpaired) electrons. The molecule has 0 aromatic heterocycles. The fraction of sp³-hybridized carbons (Fsp3) is 0.538. The molecule has 1 aromatic carbocycles. The van der Waals surface area contributed by atoms with Crippen molar-refractivity contribution in [3.8, 4) is 0 Å². The molecule has 0 unspecified atom stereocenters. The second-order valence-electron chi connectivity index (χ2n) is 6.43. The smallest absolute Gasteiger partial charge is 0.0930 e. The van der Waals surface area contributed by atoms with Crippen LogP contribution < -0.4 is 10.9 Å². The molecule has 0 heterocycles. The van der Waals surface area contributed by atoms with Gasteiger partial charge in [-0.2, -0.15) is 0 Å². The topological polar surface area (TPSA) is 0 Å². The van der Waals surface area contributed by atoms with Gasteiger partial charge in [-0.1, -0.05) is 48.4 Å². The largest absolute Gasteiger partial charge is 0.114 e. The fourth-order valence-corrected chi connectivity index (χ4v) is 2.62. The second-order valence-corrected chi connectivity index (χ2v) is 6.43. The van der Waals surface area contributed by atoms with Gasteiger partial charge in [-0.3, -0.25) is 0 Å². The minimum absolute atomic E-state index is 0.102. The summed E-state index contributed by atoms with van der Waals surface area (Å²) < 4.78 is 0. The SMILES string of the molecule is [B]B([B])B([B])c1c(C)c(C)c(C)c([B])c1C(C)(C)C. The van der Waals surface area contributed by atoms with Crippen molar-refractivity contribution in [3.63, 3.8) is 0 Å². The fourth-order valence-electron chi connectivity index (χ4n) is 2.62. The molecular weight excluding hydrogens is 221 g/mol. The predicted octanol–water partition coefficient (Wildman–Crippen LogP) is -0.0262. The molecule has 0 saturated heterocycles. The highest BCUT2D eigenvalue weighted by Crippen LogP contribution is 2.23. The molecule has 0 aliphatic rings. The van der Waals surface area contributed by atoms with Crippen LogP contribution in [0.1, 0.15) is 43.0 Å². The lowest BCUT2D eigenvalue weighted by Gasteiger charge is -2.33. The van der Waals surface area contributed by atoms with Gasteiger partial charge in [0, 0.05) is 29.6 Å². The molecule has 19 heavy (non-hydrogen) atoms. The maximum atomic E-state index is 6.34. The van der Waals surface area contributed by atoms with Crippen molar-refractivity contribution in [3.05, 3.63) is 22.3 Å². The summed E-state index contributed by atoms with van der Waals surface area (Å²) in [7, 11) is 24.2. The molecule has 88 valence electrons. The van der Waals surface area contributed by atoms with Gasteiger partial charge in [0.1, 0.15) is 7.85 Å². The lowest BCUT2D eigenvalue weighted by molar-refractivity contribution is 0.597. The Morgan fingerprint density at radius 1 is 0.842 bits per heavy atom. The first kappa shape index (κ1) is 16.7. The van der Waals surface area contributed by atoms with Crippen LogP contribution in [0.3, 0.4) is 0 Å². The van der Waals surface area contributed by atoms with E-state index in [1.54, 1.807) is 0 Å². The normalized spacial score (nSPS) is 11.5. The zero-order valence-corrected chi connectivity index (χ0v) is 13.0. The van der Waals surface area contributed by atoms with Crippen molar-refractivity contribution < 1.29 is 0 Å². The highest BCUT2D eigenvalue weighted by molar-refractivity contribution is 7.69. The minimum Gasteiger partial charge on any atom is -0.0930 e. The van der Waals surface area contributed by atoms with Crippen LogP contribution in [0.5, 0.6) is 0 Å². The molecule has 0 atom stereocenters. The van der Waals surface area contributed by atoms with Crippen LogP contribution in [0.4, 0.5) is 0 Å². The van der Waals surface area contributed by atoms with Gasteiger partial charge in [-0.05, 0) is 31.7 Å². The summed E-state index contributed by atoms with van der Waals surface area (Å²) in [5, 5.41) is 0. The van der Waals surface area contributed by atoms with Crippen LogP contribution >= 0.6 is 0 Å². The summed E-state index contributed by atoms with van der Waals surface area (Å²) in [6.45, 7) is 12.2. The molecule has 0 spiro atoms. The Morgan fingerprint density at radius 2 is 1.32 bits per heavy atom. The predicted molar refractivity (Wildman–Crippen MR) is 93.1 cm³/mol. The zero-order valence-electron chi connectivity index (χ0n) is 13.0. The Hall–Kier alpha value is -0.390. The molecule has 0 N–H and O–H groups in total. The lowest BCUT2D eigenvalue weighted by Crippen LogP contribution is -2.54. The van der Waals surface area contributed by atoms with Crippen molar-refractivity contribution in [1.82, 2.24) is 0 Å². The number of hydrogen-bond acceptors (Lipinski definition) is 0. The van der Waals surface area contributed by atoms with E-state index >= 15 is 0 Å². The van der Waals surface area contributed by atoms with Crippen molar-refractivity contribution in [2.45, 2.75) is 47.0 Å². The van der Waals surface area contributed by atoms with Gasteiger partial charge in [0.05, 0.1) is 6.49 Å². The minimum atomic E-state index is -0.596. The number of hydrogen-bond donors (Lipinski definition) is 0.